The highest BCUT2D eigenvalue weighted by Crippen LogP contribution is 2.15. The van der Waals surface area contributed by atoms with E-state index in [0.717, 1.165) is 42.8 Å². The van der Waals surface area contributed by atoms with Crippen LogP contribution in [0.15, 0.2) is 12.1 Å². The van der Waals surface area contributed by atoms with Crippen LogP contribution < -0.4 is 10.6 Å². The Labute approximate surface area is 177 Å². The molecule has 0 aliphatic rings. The molecule has 1 heterocycles. The predicted octanol–water partition coefficient (Wildman–Crippen LogP) is 2.95. The maximum absolute atomic E-state index is 12.6. The molecule has 0 bridgehead atoms. The van der Waals surface area contributed by atoms with Gasteiger partial charge in [-0.2, -0.15) is 0 Å². The van der Waals surface area contributed by atoms with Crippen molar-refractivity contribution in [2.75, 3.05) is 32.0 Å². The molecule has 0 saturated carbocycles. The Bertz CT molecular complexity index is 674. The van der Waals surface area contributed by atoms with Crippen LogP contribution in [0.4, 0.5) is 14.6 Å². The van der Waals surface area contributed by atoms with E-state index in [1.807, 2.05) is 18.0 Å². The maximum atomic E-state index is 12.6. The van der Waals surface area contributed by atoms with E-state index in [4.69, 9.17) is 0 Å². The molecule has 1 rings (SSSR count). The molecule has 1 atom stereocenters. The van der Waals surface area contributed by atoms with Gasteiger partial charge in [-0.1, -0.05) is 13.0 Å². The second-order valence-electron chi connectivity index (χ2n) is 7.27. The number of hydrogen-bond acceptors (Lipinski definition) is 5. The minimum atomic E-state index is -2.40. The molecule has 0 saturated heterocycles. The molecule has 30 heavy (non-hydrogen) atoms. The summed E-state index contributed by atoms with van der Waals surface area (Å²) in [5.74, 6) is -0.670. The highest BCUT2D eigenvalue weighted by Gasteiger charge is 2.20. The minimum absolute atomic E-state index is 0.170. The number of pyridine rings is 1. The van der Waals surface area contributed by atoms with Gasteiger partial charge >= 0.3 is 5.97 Å². The van der Waals surface area contributed by atoms with Crippen molar-refractivity contribution in [2.45, 2.75) is 64.8 Å². The number of anilines is 1. The third kappa shape index (κ3) is 9.96. The maximum Gasteiger partial charge on any atom is 0.326 e. The van der Waals surface area contributed by atoms with Gasteiger partial charge in [-0.25, -0.2) is 18.6 Å². The zero-order valence-electron chi connectivity index (χ0n) is 18.1. The summed E-state index contributed by atoms with van der Waals surface area (Å²) in [5.41, 5.74) is 2.14. The topological polar surface area (TPSA) is 94.6 Å². The number of halogens is 2. The average molecular weight is 429 g/mol. The molecule has 0 radical (unpaired) electrons. The van der Waals surface area contributed by atoms with Gasteiger partial charge in [0.25, 0.3) is 0 Å². The molecule has 1 amide bonds. The average Bonchev–Trinajstić information content (AvgIpc) is 2.70. The fourth-order valence-corrected chi connectivity index (χ4v) is 3.24. The molecule has 9 heteroatoms. The van der Waals surface area contributed by atoms with Gasteiger partial charge in [-0.15, -0.1) is 0 Å². The van der Waals surface area contributed by atoms with Crippen molar-refractivity contribution in [1.29, 1.82) is 0 Å². The minimum Gasteiger partial charge on any atom is -0.480 e. The zero-order chi connectivity index (χ0) is 22.5. The monoisotopic (exact) mass is 428 g/mol. The summed E-state index contributed by atoms with van der Waals surface area (Å²) in [5, 5.41) is 14.7. The molecule has 1 aromatic rings. The number of hydrogen-bond donors (Lipinski definition) is 3. The van der Waals surface area contributed by atoms with Crippen molar-refractivity contribution < 1.29 is 23.5 Å². The van der Waals surface area contributed by atoms with Gasteiger partial charge in [0.1, 0.15) is 11.9 Å². The summed E-state index contributed by atoms with van der Waals surface area (Å²) in [4.78, 5) is 28.9. The standard InChI is InChI=1S/C21H34F2N4O3/c1-4-16-8-9-17(26-20(16)24-3)7-5-6-12-27(14-11-19(22)23)13-10-18(21(29)30)25-15(2)28/h8-9,18-19H,4-7,10-14H2,1-3H3,(H,24,26)(H,25,28)(H,29,30). The fraction of sp³-hybridized carbons (Fsp3) is 0.667. The number of aryl methyl sites for hydroxylation is 2. The number of aliphatic carboxylic acids is 1. The second-order valence-corrected chi connectivity index (χ2v) is 7.27. The molecule has 1 unspecified atom stereocenters. The van der Waals surface area contributed by atoms with Gasteiger partial charge in [-0.3, -0.25) is 4.79 Å². The first kappa shape index (κ1) is 25.7. The number of rotatable bonds is 15. The van der Waals surface area contributed by atoms with E-state index < -0.39 is 24.3 Å². The molecule has 3 N–H and O–H groups in total. The number of nitrogens with one attached hydrogen (secondary N) is 2. The molecule has 1 aromatic heterocycles. The van der Waals surface area contributed by atoms with Crippen LogP contribution in [0.3, 0.4) is 0 Å². The molecular formula is C21H34F2N4O3. The predicted molar refractivity (Wildman–Crippen MR) is 113 cm³/mol. The Hall–Kier alpha value is -2.29. The molecular weight excluding hydrogens is 394 g/mol. The summed E-state index contributed by atoms with van der Waals surface area (Å²) < 4.78 is 25.3. The molecule has 0 aliphatic heterocycles. The third-order valence-electron chi connectivity index (χ3n) is 4.88. The number of carbonyl (C=O) groups excluding carboxylic acids is 1. The molecule has 7 nitrogen and oxygen atoms in total. The van der Waals surface area contributed by atoms with Crippen LogP contribution >= 0.6 is 0 Å². The summed E-state index contributed by atoms with van der Waals surface area (Å²) >= 11 is 0. The molecule has 0 fully saturated rings. The van der Waals surface area contributed by atoms with Crippen LogP contribution in [-0.4, -0.2) is 66.0 Å². The van der Waals surface area contributed by atoms with Crippen molar-refractivity contribution in [1.82, 2.24) is 15.2 Å². The van der Waals surface area contributed by atoms with Crippen LogP contribution in [0, 0.1) is 0 Å². The summed E-state index contributed by atoms with van der Waals surface area (Å²) in [7, 11) is 1.84. The number of carboxylic acids is 1. The smallest absolute Gasteiger partial charge is 0.326 e. The third-order valence-corrected chi connectivity index (χ3v) is 4.88. The van der Waals surface area contributed by atoms with Crippen molar-refractivity contribution in [3.63, 3.8) is 0 Å². The molecule has 0 aromatic carbocycles. The number of aromatic nitrogens is 1. The number of alkyl halides is 2. The first-order valence-corrected chi connectivity index (χ1v) is 10.4. The van der Waals surface area contributed by atoms with E-state index in [-0.39, 0.29) is 19.4 Å². The summed E-state index contributed by atoms with van der Waals surface area (Å²) in [6, 6.07) is 3.06. The van der Waals surface area contributed by atoms with Crippen LogP contribution in [0.25, 0.3) is 0 Å². The quantitative estimate of drug-likeness (QED) is 0.372. The van der Waals surface area contributed by atoms with Crippen molar-refractivity contribution in [3.8, 4) is 0 Å². The highest BCUT2D eigenvalue weighted by atomic mass is 19.3. The van der Waals surface area contributed by atoms with E-state index in [1.165, 1.54) is 6.92 Å². The number of amides is 1. The normalized spacial score (nSPS) is 12.2. The van der Waals surface area contributed by atoms with E-state index in [1.54, 1.807) is 0 Å². The Kier molecular flexibility index (Phi) is 11.9. The summed E-state index contributed by atoms with van der Waals surface area (Å²) in [6.07, 6.45) is 0.823. The molecule has 0 spiro atoms. The van der Waals surface area contributed by atoms with Gasteiger partial charge < -0.3 is 20.6 Å². The van der Waals surface area contributed by atoms with Gasteiger partial charge in [0.2, 0.25) is 12.3 Å². The van der Waals surface area contributed by atoms with Gasteiger partial charge in [0.05, 0.1) is 0 Å². The lowest BCUT2D eigenvalue weighted by molar-refractivity contribution is -0.141. The van der Waals surface area contributed by atoms with E-state index in [9.17, 15) is 23.5 Å². The van der Waals surface area contributed by atoms with Crippen LogP contribution in [0.5, 0.6) is 0 Å². The highest BCUT2D eigenvalue weighted by molar-refractivity contribution is 5.82. The number of carbonyl (C=O) groups is 2. The van der Waals surface area contributed by atoms with E-state index in [0.29, 0.717) is 13.1 Å². The van der Waals surface area contributed by atoms with Gasteiger partial charge in [0.15, 0.2) is 0 Å². The second kappa shape index (κ2) is 13.8. The Morgan fingerprint density at radius 3 is 2.43 bits per heavy atom. The number of carboxylic acid groups (broad SMARTS) is 1. The number of nitrogens with zero attached hydrogens (tertiary/aromatic N) is 2. The van der Waals surface area contributed by atoms with Crippen LogP contribution in [-0.2, 0) is 22.4 Å². The Morgan fingerprint density at radius 1 is 1.17 bits per heavy atom. The van der Waals surface area contributed by atoms with Gasteiger partial charge in [-0.05, 0) is 50.3 Å². The summed E-state index contributed by atoms with van der Waals surface area (Å²) in [6.45, 7) is 4.44. The Morgan fingerprint density at radius 2 is 1.87 bits per heavy atom. The largest absolute Gasteiger partial charge is 0.480 e. The SMILES string of the molecule is CCc1ccc(CCCCN(CCC(F)F)CCC(NC(C)=O)C(=O)O)nc1NC. The van der Waals surface area contributed by atoms with Gasteiger partial charge in [0, 0.05) is 39.2 Å². The zero-order valence-corrected chi connectivity index (χ0v) is 18.1. The first-order chi connectivity index (χ1) is 14.3. The molecule has 170 valence electrons. The van der Waals surface area contributed by atoms with Crippen LogP contribution in [0.1, 0.15) is 50.8 Å². The van der Waals surface area contributed by atoms with Crippen molar-refractivity contribution >= 4 is 17.7 Å². The lowest BCUT2D eigenvalue weighted by Gasteiger charge is -2.24. The molecule has 0 aliphatic carbocycles. The first-order valence-electron chi connectivity index (χ1n) is 10.4. The van der Waals surface area contributed by atoms with Crippen molar-refractivity contribution in [3.05, 3.63) is 23.4 Å². The Balaban J connectivity index is 2.55. The fourth-order valence-electron chi connectivity index (χ4n) is 3.24. The lowest BCUT2D eigenvalue weighted by Crippen LogP contribution is -2.42. The van der Waals surface area contributed by atoms with Crippen LogP contribution in [0.2, 0.25) is 0 Å². The number of unbranched alkanes of at least 4 members (excludes halogenated alkanes) is 1. The van der Waals surface area contributed by atoms with Crippen molar-refractivity contribution in [2.24, 2.45) is 0 Å². The van der Waals surface area contributed by atoms with E-state index >= 15 is 0 Å². The lowest BCUT2D eigenvalue weighted by atomic mass is 10.1. The van der Waals surface area contributed by atoms with E-state index in [2.05, 4.69) is 28.6 Å².